The molecule has 0 radical (unpaired) electrons. The third-order valence-electron chi connectivity index (χ3n) is 3.70. The molecule has 2 unspecified atom stereocenters. The van der Waals surface area contributed by atoms with Crippen molar-refractivity contribution in [2.75, 3.05) is 6.54 Å². The SMILES string of the molecule is CC(C)CCC(C)(O)CNC(C)c1cnn(C(C)C)c1. The quantitative estimate of drug-likeness (QED) is 0.768. The maximum atomic E-state index is 10.4. The van der Waals surface area contributed by atoms with Crippen LogP contribution in [0.1, 0.15) is 72.0 Å². The Balaban J connectivity index is 2.47. The Hall–Kier alpha value is -0.870. The van der Waals surface area contributed by atoms with Gasteiger partial charge in [-0.3, -0.25) is 4.68 Å². The summed E-state index contributed by atoms with van der Waals surface area (Å²) in [5.41, 5.74) is 0.519. The lowest BCUT2D eigenvalue weighted by Crippen LogP contribution is -2.39. The molecule has 0 saturated heterocycles. The second-order valence-corrected chi connectivity index (χ2v) is 6.88. The number of hydrogen-bond donors (Lipinski definition) is 2. The Labute approximate surface area is 123 Å². The monoisotopic (exact) mass is 281 g/mol. The third kappa shape index (κ3) is 5.63. The molecule has 0 aliphatic carbocycles. The van der Waals surface area contributed by atoms with Crippen molar-refractivity contribution in [1.29, 1.82) is 0 Å². The lowest BCUT2D eigenvalue weighted by atomic mass is 9.95. The first-order chi connectivity index (χ1) is 9.21. The summed E-state index contributed by atoms with van der Waals surface area (Å²) in [7, 11) is 0. The second-order valence-electron chi connectivity index (χ2n) is 6.88. The molecule has 2 N–H and O–H groups in total. The maximum Gasteiger partial charge on any atom is 0.0743 e. The average molecular weight is 281 g/mol. The largest absolute Gasteiger partial charge is 0.389 e. The highest BCUT2D eigenvalue weighted by molar-refractivity contribution is 5.09. The minimum absolute atomic E-state index is 0.202. The van der Waals surface area contributed by atoms with Crippen LogP contribution >= 0.6 is 0 Å². The van der Waals surface area contributed by atoms with E-state index in [0.29, 0.717) is 18.5 Å². The number of aromatic nitrogens is 2. The highest BCUT2D eigenvalue weighted by atomic mass is 16.3. The molecule has 4 nitrogen and oxygen atoms in total. The van der Waals surface area contributed by atoms with E-state index in [1.54, 1.807) is 0 Å². The van der Waals surface area contributed by atoms with Crippen molar-refractivity contribution in [2.45, 2.75) is 72.1 Å². The van der Waals surface area contributed by atoms with Crippen LogP contribution in [0.15, 0.2) is 12.4 Å². The van der Waals surface area contributed by atoms with Crippen molar-refractivity contribution in [3.63, 3.8) is 0 Å². The number of hydrogen-bond acceptors (Lipinski definition) is 3. The number of nitrogens with one attached hydrogen (secondary N) is 1. The van der Waals surface area contributed by atoms with E-state index in [9.17, 15) is 5.11 Å². The van der Waals surface area contributed by atoms with E-state index in [1.807, 2.05) is 17.8 Å². The summed E-state index contributed by atoms with van der Waals surface area (Å²) in [6, 6.07) is 0.582. The molecule has 1 heterocycles. The maximum absolute atomic E-state index is 10.4. The lowest BCUT2D eigenvalue weighted by molar-refractivity contribution is 0.0430. The normalized spacial score (nSPS) is 16.6. The van der Waals surface area contributed by atoms with E-state index in [1.165, 1.54) is 5.56 Å². The Kier molecular flexibility index (Phi) is 6.21. The first-order valence-electron chi connectivity index (χ1n) is 7.71. The minimum Gasteiger partial charge on any atom is -0.389 e. The molecule has 20 heavy (non-hydrogen) atoms. The van der Waals surface area contributed by atoms with Crippen molar-refractivity contribution in [3.8, 4) is 0 Å². The summed E-state index contributed by atoms with van der Waals surface area (Å²) in [6.45, 7) is 13.2. The van der Waals surface area contributed by atoms with Crippen LogP contribution in [0.3, 0.4) is 0 Å². The van der Waals surface area contributed by atoms with Gasteiger partial charge in [-0.25, -0.2) is 0 Å². The fraction of sp³-hybridized carbons (Fsp3) is 0.812. The highest BCUT2D eigenvalue weighted by Crippen LogP contribution is 2.18. The predicted molar refractivity (Wildman–Crippen MR) is 83.7 cm³/mol. The summed E-state index contributed by atoms with van der Waals surface area (Å²) in [4.78, 5) is 0. The van der Waals surface area contributed by atoms with Gasteiger partial charge in [-0.15, -0.1) is 0 Å². The van der Waals surface area contributed by atoms with Crippen LogP contribution in [0.2, 0.25) is 0 Å². The second kappa shape index (κ2) is 7.23. The summed E-state index contributed by atoms with van der Waals surface area (Å²) in [6.07, 6.45) is 5.86. The van der Waals surface area contributed by atoms with Crippen LogP contribution in [0.25, 0.3) is 0 Å². The van der Waals surface area contributed by atoms with Gasteiger partial charge in [-0.2, -0.15) is 5.10 Å². The van der Waals surface area contributed by atoms with Crippen molar-refractivity contribution in [1.82, 2.24) is 15.1 Å². The van der Waals surface area contributed by atoms with Crippen molar-refractivity contribution in [2.24, 2.45) is 5.92 Å². The van der Waals surface area contributed by atoms with Gasteiger partial charge in [0.05, 0.1) is 11.8 Å². The highest BCUT2D eigenvalue weighted by Gasteiger charge is 2.21. The van der Waals surface area contributed by atoms with Crippen LogP contribution in [0, 0.1) is 5.92 Å². The molecule has 0 amide bonds. The molecular formula is C16H31N3O. The molecule has 1 aromatic heterocycles. The van der Waals surface area contributed by atoms with Crippen LogP contribution < -0.4 is 5.32 Å². The molecule has 0 aliphatic heterocycles. The van der Waals surface area contributed by atoms with Gasteiger partial charge in [0.2, 0.25) is 0 Å². The van der Waals surface area contributed by atoms with Gasteiger partial charge in [0.15, 0.2) is 0 Å². The van der Waals surface area contributed by atoms with Crippen LogP contribution in [-0.2, 0) is 0 Å². The van der Waals surface area contributed by atoms with Crippen molar-refractivity contribution < 1.29 is 5.11 Å². The molecule has 2 atom stereocenters. The Morgan fingerprint density at radius 3 is 2.45 bits per heavy atom. The van der Waals surface area contributed by atoms with E-state index in [0.717, 1.165) is 12.8 Å². The van der Waals surface area contributed by atoms with Crippen molar-refractivity contribution >= 4 is 0 Å². The average Bonchev–Trinajstić information content (AvgIpc) is 2.83. The van der Waals surface area contributed by atoms with E-state index < -0.39 is 5.60 Å². The molecule has 1 aromatic rings. The lowest BCUT2D eigenvalue weighted by Gasteiger charge is -2.26. The minimum atomic E-state index is -0.646. The standard InChI is InChI=1S/C16H31N3O/c1-12(2)7-8-16(6,20)11-17-14(5)15-9-18-19(10-15)13(3)4/h9-10,12-14,17,20H,7-8,11H2,1-6H3. The van der Waals surface area contributed by atoms with E-state index in [-0.39, 0.29) is 6.04 Å². The Morgan fingerprint density at radius 2 is 1.95 bits per heavy atom. The number of rotatable bonds is 8. The molecule has 0 saturated carbocycles. The molecule has 116 valence electrons. The fourth-order valence-corrected chi connectivity index (χ4v) is 2.04. The number of aliphatic hydroxyl groups is 1. The zero-order chi connectivity index (χ0) is 15.3. The van der Waals surface area contributed by atoms with Gasteiger partial charge in [-0.1, -0.05) is 13.8 Å². The topological polar surface area (TPSA) is 50.1 Å². The molecular weight excluding hydrogens is 250 g/mol. The molecule has 0 fully saturated rings. The summed E-state index contributed by atoms with van der Waals surface area (Å²) in [5.74, 6) is 0.628. The van der Waals surface area contributed by atoms with Gasteiger partial charge < -0.3 is 10.4 Å². The fourth-order valence-electron chi connectivity index (χ4n) is 2.04. The molecule has 4 heteroatoms. The van der Waals surface area contributed by atoms with Gasteiger partial charge >= 0.3 is 0 Å². The summed E-state index contributed by atoms with van der Waals surface area (Å²) < 4.78 is 1.96. The first kappa shape index (κ1) is 17.2. The van der Waals surface area contributed by atoms with Gasteiger partial charge in [0.1, 0.15) is 0 Å². The molecule has 0 aromatic carbocycles. The zero-order valence-electron chi connectivity index (χ0n) is 13.8. The molecule has 1 rings (SSSR count). The van der Waals surface area contributed by atoms with Gasteiger partial charge in [0, 0.05) is 30.4 Å². The zero-order valence-corrected chi connectivity index (χ0v) is 13.8. The smallest absolute Gasteiger partial charge is 0.0743 e. The van der Waals surface area contributed by atoms with Gasteiger partial charge in [0.25, 0.3) is 0 Å². The molecule has 0 bridgehead atoms. The molecule has 0 spiro atoms. The van der Waals surface area contributed by atoms with Crippen molar-refractivity contribution in [3.05, 3.63) is 18.0 Å². The summed E-state index contributed by atoms with van der Waals surface area (Å²) >= 11 is 0. The van der Waals surface area contributed by atoms with E-state index in [2.05, 4.69) is 51.2 Å². The third-order valence-corrected chi connectivity index (χ3v) is 3.70. The molecule has 0 aliphatic rings. The number of nitrogens with zero attached hydrogens (tertiary/aromatic N) is 2. The van der Waals surface area contributed by atoms with E-state index in [4.69, 9.17) is 0 Å². The Bertz CT molecular complexity index is 396. The predicted octanol–water partition coefficient (Wildman–Crippen LogP) is 3.30. The van der Waals surface area contributed by atoms with Crippen LogP contribution in [0.4, 0.5) is 0 Å². The van der Waals surface area contributed by atoms with Gasteiger partial charge in [-0.05, 0) is 46.5 Å². The first-order valence-corrected chi connectivity index (χ1v) is 7.71. The van der Waals surface area contributed by atoms with Crippen LogP contribution in [-0.4, -0.2) is 27.0 Å². The Morgan fingerprint density at radius 1 is 1.30 bits per heavy atom. The summed E-state index contributed by atoms with van der Waals surface area (Å²) in [5, 5.41) is 18.1. The van der Waals surface area contributed by atoms with E-state index >= 15 is 0 Å². The van der Waals surface area contributed by atoms with Crippen LogP contribution in [0.5, 0.6) is 0 Å².